The SMILES string of the molecule is C#CCOc1ccc(CCNC(=S)C(OCC)c2ccc(CC)cc2)cc1OC. The van der Waals surface area contributed by atoms with Gasteiger partial charge in [-0.1, -0.05) is 55.4 Å². The van der Waals surface area contributed by atoms with Gasteiger partial charge >= 0.3 is 0 Å². The van der Waals surface area contributed by atoms with Crippen LogP contribution in [0.3, 0.4) is 0 Å². The Balaban J connectivity index is 1.96. The molecule has 0 saturated heterocycles. The van der Waals surface area contributed by atoms with E-state index in [1.165, 1.54) is 5.56 Å². The van der Waals surface area contributed by atoms with Crippen molar-refractivity contribution in [2.24, 2.45) is 0 Å². The summed E-state index contributed by atoms with van der Waals surface area (Å²) >= 11 is 5.62. The van der Waals surface area contributed by atoms with Gasteiger partial charge < -0.3 is 19.5 Å². The second kappa shape index (κ2) is 12.1. The van der Waals surface area contributed by atoms with Crippen molar-refractivity contribution in [3.8, 4) is 23.8 Å². The molecule has 1 unspecified atom stereocenters. The lowest BCUT2D eigenvalue weighted by molar-refractivity contribution is 0.109. The lowest BCUT2D eigenvalue weighted by atomic mass is 10.1. The van der Waals surface area contributed by atoms with Crippen LogP contribution < -0.4 is 14.8 Å². The molecule has 0 radical (unpaired) electrons. The molecule has 0 heterocycles. The Hall–Kier alpha value is -2.55. The number of terminal acetylenes is 1. The number of nitrogens with one attached hydrogen (secondary N) is 1. The number of hydrogen-bond acceptors (Lipinski definition) is 4. The van der Waals surface area contributed by atoms with Crippen molar-refractivity contribution in [3.05, 3.63) is 59.2 Å². The van der Waals surface area contributed by atoms with E-state index >= 15 is 0 Å². The van der Waals surface area contributed by atoms with Crippen LogP contribution in [0.15, 0.2) is 42.5 Å². The molecular weight excluding hydrogens is 382 g/mol. The van der Waals surface area contributed by atoms with Gasteiger partial charge in [-0.3, -0.25) is 0 Å². The highest BCUT2D eigenvalue weighted by molar-refractivity contribution is 7.80. The predicted molar refractivity (Wildman–Crippen MR) is 122 cm³/mol. The molecule has 4 nitrogen and oxygen atoms in total. The monoisotopic (exact) mass is 411 g/mol. The summed E-state index contributed by atoms with van der Waals surface area (Å²) in [6, 6.07) is 14.3. The Bertz CT molecular complexity index is 827. The number of hydrogen-bond donors (Lipinski definition) is 1. The Labute approximate surface area is 179 Å². The topological polar surface area (TPSA) is 39.7 Å². The van der Waals surface area contributed by atoms with Gasteiger partial charge in [0.25, 0.3) is 0 Å². The summed E-state index contributed by atoms with van der Waals surface area (Å²) in [6.07, 6.45) is 6.81. The molecule has 29 heavy (non-hydrogen) atoms. The second-order valence-electron chi connectivity index (χ2n) is 6.45. The van der Waals surface area contributed by atoms with Crippen molar-refractivity contribution in [1.82, 2.24) is 5.32 Å². The van der Waals surface area contributed by atoms with Gasteiger partial charge in [0.1, 0.15) is 17.7 Å². The zero-order chi connectivity index (χ0) is 21.1. The largest absolute Gasteiger partial charge is 0.493 e. The lowest BCUT2D eigenvalue weighted by Gasteiger charge is -2.20. The van der Waals surface area contributed by atoms with Crippen molar-refractivity contribution in [2.75, 3.05) is 26.9 Å². The quantitative estimate of drug-likeness (QED) is 0.435. The van der Waals surface area contributed by atoms with Gasteiger partial charge in [-0.05, 0) is 48.6 Å². The number of aryl methyl sites for hydroxylation is 1. The molecule has 2 aromatic rings. The second-order valence-corrected chi connectivity index (χ2v) is 6.89. The lowest BCUT2D eigenvalue weighted by Crippen LogP contribution is -2.31. The maximum atomic E-state index is 5.90. The van der Waals surface area contributed by atoms with Gasteiger partial charge in [0, 0.05) is 13.2 Å². The van der Waals surface area contributed by atoms with Crippen LogP contribution in [-0.4, -0.2) is 31.9 Å². The molecule has 154 valence electrons. The first-order valence-electron chi connectivity index (χ1n) is 9.84. The fourth-order valence-corrected chi connectivity index (χ4v) is 3.25. The summed E-state index contributed by atoms with van der Waals surface area (Å²) in [5.41, 5.74) is 3.48. The minimum absolute atomic E-state index is 0.212. The Morgan fingerprint density at radius 1 is 1.10 bits per heavy atom. The molecule has 2 rings (SSSR count). The third-order valence-corrected chi connectivity index (χ3v) is 4.87. The van der Waals surface area contributed by atoms with E-state index in [2.05, 4.69) is 42.4 Å². The fraction of sp³-hybridized carbons (Fsp3) is 0.375. The van der Waals surface area contributed by atoms with Crippen molar-refractivity contribution in [3.63, 3.8) is 0 Å². The fourth-order valence-electron chi connectivity index (χ4n) is 2.95. The summed E-state index contributed by atoms with van der Waals surface area (Å²) in [5.74, 6) is 3.77. The minimum Gasteiger partial charge on any atom is -0.493 e. The average Bonchev–Trinajstić information content (AvgIpc) is 2.76. The van der Waals surface area contributed by atoms with E-state index in [-0.39, 0.29) is 12.7 Å². The molecule has 0 aliphatic carbocycles. The van der Waals surface area contributed by atoms with E-state index in [9.17, 15) is 0 Å². The smallest absolute Gasteiger partial charge is 0.162 e. The molecule has 0 fully saturated rings. The first-order chi connectivity index (χ1) is 14.1. The van der Waals surface area contributed by atoms with Gasteiger partial charge in [0.2, 0.25) is 0 Å². The Kier molecular flexibility index (Phi) is 9.49. The average molecular weight is 412 g/mol. The van der Waals surface area contributed by atoms with Gasteiger partial charge in [0.05, 0.1) is 7.11 Å². The molecule has 1 atom stereocenters. The summed E-state index contributed by atoms with van der Waals surface area (Å²) < 4.78 is 16.8. The summed E-state index contributed by atoms with van der Waals surface area (Å²) in [5, 5.41) is 3.34. The maximum Gasteiger partial charge on any atom is 0.162 e. The van der Waals surface area contributed by atoms with Crippen LogP contribution in [0.2, 0.25) is 0 Å². The van der Waals surface area contributed by atoms with E-state index in [4.69, 9.17) is 32.9 Å². The maximum absolute atomic E-state index is 5.90. The van der Waals surface area contributed by atoms with Crippen LogP contribution in [0, 0.1) is 12.3 Å². The van der Waals surface area contributed by atoms with Crippen molar-refractivity contribution in [2.45, 2.75) is 32.8 Å². The molecule has 0 bridgehead atoms. The molecule has 5 heteroatoms. The molecule has 0 aromatic heterocycles. The number of rotatable bonds is 11. The summed E-state index contributed by atoms with van der Waals surface area (Å²) in [6.45, 7) is 5.63. The van der Waals surface area contributed by atoms with E-state index in [1.54, 1.807) is 7.11 Å². The highest BCUT2D eigenvalue weighted by Gasteiger charge is 2.17. The third-order valence-electron chi connectivity index (χ3n) is 4.51. The van der Waals surface area contributed by atoms with Crippen LogP contribution in [0.5, 0.6) is 11.5 Å². The van der Waals surface area contributed by atoms with E-state index in [0.717, 1.165) is 24.0 Å². The first-order valence-corrected chi connectivity index (χ1v) is 10.2. The molecule has 1 N–H and O–H groups in total. The number of methoxy groups -OCH3 is 1. The molecule has 0 aliphatic heterocycles. The van der Waals surface area contributed by atoms with E-state index < -0.39 is 0 Å². The normalized spacial score (nSPS) is 11.4. The van der Waals surface area contributed by atoms with Gasteiger partial charge in [-0.15, -0.1) is 6.42 Å². The van der Waals surface area contributed by atoms with Crippen molar-refractivity contribution in [1.29, 1.82) is 0 Å². The van der Waals surface area contributed by atoms with E-state index in [0.29, 0.717) is 29.6 Å². The summed E-state index contributed by atoms with van der Waals surface area (Å²) in [4.78, 5) is 0.692. The first kappa shape index (κ1) is 22.7. The Morgan fingerprint density at radius 2 is 1.83 bits per heavy atom. The zero-order valence-electron chi connectivity index (χ0n) is 17.4. The molecule has 0 aliphatic rings. The van der Waals surface area contributed by atoms with Crippen LogP contribution in [0.4, 0.5) is 0 Å². The minimum atomic E-state index is -0.241. The predicted octanol–water partition coefficient (Wildman–Crippen LogP) is 4.51. The molecule has 0 saturated carbocycles. The highest BCUT2D eigenvalue weighted by Crippen LogP contribution is 2.28. The van der Waals surface area contributed by atoms with Gasteiger partial charge in [-0.25, -0.2) is 0 Å². The summed E-state index contributed by atoms with van der Waals surface area (Å²) in [7, 11) is 1.62. The third kappa shape index (κ3) is 6.77. The van der Waals surface area contributed by atoms with Crippen molar-refractivity contribution >= 4 is 17.2 Å². The number of benzene rings is 2. The molecule has 0 spiro atoms. The van der Waals surface area contributed by atoms with E-state index in [1.807, 2.05) is 25.1 Å². The number of thiocarbonyl (C=S) groups is 1. The van der Waals surface area contributed by atoms with Gasteiger partial charge in [-0.2, -0.15) is 0 Å². The van der Waals surface area contributed by atoms with Gasteiger partial charge in [0.15, 0.2) is 11.5 Å². The van der Waals surface area contributed by atoms with Crippen LogP contribution in [0.25, 0.3) is 0 Å². The van der Waals surface area contributed by atoms with Crippen LogP contribution in [-0.2, 0) is 17.6 Å². The number of ether oxygens (including phenoxy) is 3. The van der Waals surface area contributed by atoms with Crippen LogP contribution >= 0.6 is 12.2 Å². The zero-order valence-corrected chi connectivity index (χ0v) is 18.2. The highest BCUT2D eigenvalue weighted by atomic mass is 32.1. The molecular formula is C24H29NO3S. The van der Waals surface area contributed by atoms with Crippen LogP contribution in [0.1, 0.15) is 36.6 Å². The van der Waals surface area contributed by atoms with Crippen molar-refractivity contribution < 1.29 is 14.2 Å². The molecule has 0 amide bonds. The Morgan fingerprint density at radius 3 is 2.45 bits per heavy atom. The molecule has 2 aromatic carbocycles. The standard InChI is InChI=1S/C24H29NO3S/c1-5-16-28-21-13-10-19(17-22(21)26-4)14-15-25-24(29)23(27-7-3)20-11-8-18(6-2)9-12-20/h1,8-13,17,23H,6-7,14-16H2,2-4H3,(H,25,29).